The van der Waals surface area contributed by atoms with Crippen molar-refractivity contribution in [2.24, 2.45) is 0 Å². The summed E-state index contributed by atoms with van der Waals surface area (Å²) in [6, 6.07) is 18.8. The molecule has 3 fully saturated rings. The molecule has 5 nitrogen and oxygen atoms in total. The van der Waals surface area contributed by atoms with E-state index in [4.69, 9.17) is 4.74 Å². The Hall–Kier alpha value is -2.76. The Morgan fingerprint density at radius 1 is 1.13 bits per heavy atom. The second kappa shape index (κ2) is 6.62. The van der Waals surface area contributed by atoms with Crippen molar-refractivity contribution in [1.82, 2.24) is 14.8 Å². The summed E-state index contributed by atoms with van der Waals surface area (Å²) in [4.78, 5) is 22.2. The zero-order valence-electron chi connectivity index (χ0n) is 17.1. The van der Waals surface area contributed by atoms with Crippen molar-refractivity contribution in [3.05, 3.63) is 77.5 Å². The average molecular weight is 399 g/mol. The quantitative estimate of drug-likeness (QED) is 0.672. The summed E-state index contributed by atoms with van der Waals surface area (Å²) in [6.45, 7) is 4.50. The number of benzene rings is 2. The van der Waals surface area contributed by atoms with Gasteiger partial charge in [-0.25, -0.2) is 0 Å². The maximum atomic E-state index is 13.1. The van der Waals surface area contributed by atoms with Crippen molar-refractivity contribution in [2.75, 3.05) is 13.2 Å². The first-order valence-corrected chi connectivity index (χ1v) is 10.8. The Morgan fingerprint density at radius 3 is 2.87 bits per heavy atom. The van der Waals surface area contributed by atoms with E-state index in [9.17, 15) is 4.79 Å². The molecule has 0 unspecified atom stereocenters. The van der Waals surface area contributed by atoms with Crippen LogP contribution >= 0.6 is 0 Å². The monoisotopic (exact) mass is 399 g/mol. The molecule has 0 N–H and O–H groups in total. The Kier molecular flexibility index (Phi) is 3.98. The first-order valence-electron chi connectivity index (χ1n) is 10.8. The van der Waals surface area contributed by atoms with E-state index < -0.39 is 5.72 Å². The Labute approximate surface area is 176 Å². The van der Waals surface area contributed by atoms with E-state index in [0.29, 0.717) is 13.0 Å². The van der Waals surface area contributed by atoms with Crippen LogP contribution in [0.5, 0.6) is 0 Å². The van der Waals surface area contributed by atoms with Gasteiger partial charge in [0.2, 0.25) is 5.91 Å². The minimum Gasteiger partial charge on any atom is -0.351 e. The van der Waals surface area contributed by atoms with E-state index >= 15 is 0 Å². The minimum absolute atomic E-state index is 0.0205. The van der Waals surface area contributed by atoms with Crippen LogP contribution in [0.1, 0.15) is 35.6 Å². The number of pyridine rings is 1. The standard InChI is InChI=1S/C25H25N3O2/c1-17-9-10-21-19(8-5-12-26-21)20(17)15-27-13-11-25-23(27)14-24(29)28(25)22(16-30-25)18-6-3-2-4-7-18/h2-10,12,22-23H,11,13-16H2,1H3/t22-,23+,25-/m0/s1. The lowest BCUT2D eigenvalue weighted by molar-refractivity contribution is -0.138. The van der Waals surface area contributed by atoms with Crippen LogP contribution in [0.15, 0.2) is 60.8 Å². The molecule has 4 heterocycles. The fourth-order valence-electron chi connectivity index (χ4n) is 5.77. The van der Waals surface area contributed by atoms with Crippen LogP contribution in [0, 0.1) is 6.92 Å². The molecule has 30 heavy (non-hydrogen) atoms. The number of likely N-dealkylation sites (tertiary alicyclic amines) is 1. The molecule has 5 heteroatoms. The third kappa shape index (κ3) is 2.49. The number of fused-ring (bicyclic) bond motifs is 1. The summed E-state index contributed by atoms with van der Waals surface area (Å²) in [5.41, 5.74) is 4.29. The third-order valence-electron chi connectivity index (χ3n) is 7.24. The van der Waals surface area contributed by atoms with Gasteiger partial charge in [0.25, 0.3) is 0 Å². The average Bonchev–Trinajstić information content (AvgIpc) is 3.40. The fraction of sp³-hybridized carbons (Fsp3) is 0.360. The first-order chi connectivity index (χ1) is 14.7. The molecule has 0 bridgehead atoms. The van der Waals surface area contributed by atoms with Gasteiger partial charge in [-0.15, -0.1) is 0 Å². The number of hydrogen-bond acceptors (Lipinski definition) is 4. The smallest absolute Gasteiger partial charge is 0.227 e. The van der Waals surface area contributed by atoms with Crippen molar-refractivity contribution >= 4 is 16.8 Å². The van der Waals surface area contributed by atoms with Gasteiger partial charge in [0.15, 0.2) is 5.72 Å². The molecule has 1 aromatic heterocycles. The van der Waals surface area contributed by atoms with Crippen molar-refractivity contribution in [3.63, 3.8) is 0 Å². The Morgan fingerprint density at radius 2 is 2.00 bits per heavy atom. The number of carbonyl (C=O) groups is 1. The molecule has 3 aliphatic heterocycles. The van der Waals surface area contributed by atoms with Gasteiger partial charge in [0.1, 0.15) is 0 Å². The molecule has 3 saturated heterocycles. The van der Waals surface area contributed by atoms with Crippen molar-refractivity contribution in [2.45, 2.75) is 44.1 Å². The number of amides is 1. The second-order valence-electron chi connectivity index (χ2n) is 8.72. The molecule has 2 aromatic carbocycles. The van der Waals surface area contributed by atoms with Gasteiger partial charge >= 0.3 is 0 Å². The number of aryl methyl sites for hydroxylation is 1. The van der Waals surface area contributed by atoms with E-state index in [1.54, 1.807) is 0 Å². The molecule has 1 amide bonds. The van der Waals surface area contributed by atoms with Gasteiger partial charge in [0.05, 0.1) is 24.2 Å². The summed E-state index contributed by atoms with van der Waals surface area (Å²) < 4.78 is 6.46. The molecule has 3 aromatic rings. The highest BCUT2D eigenvalue weighted by Crippen LogP contribution is 2.52. The third-order valence-corrected chi connectivity index (χ3v) is 7.24. The van der Waals surface area contributed by atoms with Crippen LogP contribution in [0.25, 0.3) is 10.9 Å². The van der Waals surface area contributed by atoms with Crippen LogP contribution in [-0.4, -0.2) is 45.6 Å². The van der Waals surface area contributed by atoms with Gasteiger partial charge in [-0.05, 0) is 35.7 Å². The lowest BCUT2D eigenvalue weighted by Gasteiger charge is -2.34. The van der Waals surface area contributed by atoms with Gasteiger partial charge in [0, 0.05) is 37.5 Å². The van der Waals surface area contributed by atoms with E-state index in [1.807, 2.05) is 30.5 Å². The van der Waals surface area contributed by atoms with Crippen molar-refractivity contribution < 1.29 is 9.53 Å². The maximum Gasteiger partial charge on any atom is 0.227 e. The normalized spacial score (nSPS) is 28.3. The zero-order chi connectivity index (χ0) is 20.3. The number of hydrogen-bond donors (Lipinski definition) is 0. The molecule has 0 aliphatic carbocycles. The van der Waals surface area contributed by atoms with Crippen molar-refractivity contribution in [3.8, 4) is 0 Å². The molecular formula is C25H25N3O2. The van der Waals surface area contributed by atoms with Gasteiger partial charge < -0.3 is 9.64 Å². The molecule has 6 rings (SSSR count). The van der Waals surface area contributed by atoms with Crippen LogP contribution in [0.2, 0.25) is 0 Å². The van der Waals surface area contributed by atoms with Crippen molar-refractivity contribution in [1.29, 1.82) is 0 Å². The molecule has 3 atom stereocenters. The van der Waals surface area contributed by atoms with Gasteiger partial charge in [-0.2, -0.15) is 0 Å². The number of carbonyl (C=O) groups excluding carboxylic acids is 1. The van der Waals surface area contributed by atoms with Crippen LogP contribution < -0.4 is 0 Å². The summed E-state index contributed by atoms with van der Waals surface area (Å²) in [5.74, 6) is 0.215. The van der Waals surface area contributed by atoms with Crippen LogP contribution in [0.4, 0.5) is 0 Å². The molecule has 3 aliphatic rings. The topological polar surface area (TPSA) is 45.7 Å². The summed E-state index contributed by atoms with van der Waals surface area (Å²) in [7, 11) is 0. The molecule has 0 radical (unpaired) electrons. The molecular weight excluding hydrogens is 374 g/mol. The number of aromatic nitrogens is 1. The van der Waals surface area contributed by atoms with E-state index in [1.165, 1.54) is 16.5 Å². The predicted octanol–water partition coefficient (Wildman–Crippen LogP) is 3.82. The predicted molar refractivity (Wildman–Crippen MR) is 115 cm³/mol. The highest BCUT2D eigenvalue weighted by molar-refractivity contribution is 5.84. The SMILES string of the molecule is Cc1ccc2ncccc2c1CN1CC[C@@]23OC[C@@H](c4ccccc4)N2C(=O)C[C@@H]13. The zero-order valence-corrected chi connectivity index (χ0v) is 17.1. The van der Waals surface area contributed by atoms with E-state index in [2.05, 4.69) is 52.0 Å². The molecule has 1 spiro atoms. The maximum absolute atomic E-state index is 13.1. The van der Waals surface area contributed by atoms with Gasteiger partial charge in [-0.3, -0.25) is 14.7 Å². The number of nitrogens with zero attached hydrogens (tertiary/aromatic N) is 3. The van der Waals surface area contributed by atoms with E-state index in [-0.39, 0.29) is 18.0 Å². The van der Waals surface area contributed by atoms with Gasteiger partial charge in [-0.1, -0.05) is 42.5 Å². The lowest BCUT2D eigenvalue weighted by atomic mass is 10.0. The summed E-state index contributed by atoms with van der Waals surface area (Å²) >= 11 is 0. The first kappa shape index (κ1) is 18.0. The number of rotatable bonds is 3. The number of ether oxygens (including phenoxy) is 1. The summed E-state index contributed by atoms with van der Waals surface area (Å²) in [6.07, 6.45) is 3.25. The minimum atomic E-state index is -0.478. The lowest BCUT2D eigenvalue weighted by Crippen LogP contribution is -2.48. The summed E-state index contributed by atoms with van der Waals surface area (Å²) in [5, 5.41) is 1.20. The highest BCUT2D eigenvalue weighted by Gasteiger charge is 2.64. The van der Waals surface area contributed by atoms with E-state index in [0.717, 1.165) is 30.6 Å². The second-order valence-corrected chi connectivity index (χ2v) is 8.72. The largest absolute Gasteiger partial charge is 0.351 e. The molecule has 152 valence electrons. The van der Waals surface area contributed by atoms with Crippen LogP contribution in [-0.2, 0) is 16.1 Å². The fourth-order valence-corrected chi connectivity index (χ4v) is 5.77. The Bertz CT molecular complexity index is 1130. The highest BCUT2D eigenvalue weighted by atomic mass is 16.5. The van der Waals surface area contributed by atoms with Crippen LogP contribution in [0.3, 0.4) is 0 Å². The Balaban J connectivity index is 1.33. The molecule has 0 saturated carbocycles.